The Labute approximate surface area is 54.5 Å². The van der Waals surface area contributed by atoms with Crippen molar-refractivity contribution in [3.8, 4) is 0 Å². The SMILES string of the molecule is CC(=O)N(C)S(C)(=O)=O. The fraction of sp³-hybridized carbons (Fsp3) is 0.750. The van der Waals surface area contributed by atoms with Gasteiger partial charge in [-0.25, -0.2) is 12.7 Å². The van der Waals surface area contributed by atoms with Crippen molar-refractivity contribution in [2.75, 3.05) is 13.3 Å². The summed E-state index contributed by atoms with van der Waals surface area (Å²) in [5, 5.41) is 0. The lowest BCUT2D eigenvalue weighted by atomic mass is 10.7. The zero-order valence-electron chi connectivity index (χ0n) is 5.58. The van der Waals surface area contributed by atoms with E-state index < -0.39 is 15.9 Å². The van der Waals surface area contributed by atoms with Crippen LogP contribution in [0.4, 0.5) is 0 Å². The fourth-order valence-electron chi connectivity index (χ4n) is 0.234. The van der Waals surface area contributed by atoms with Crippen LogP contribution in [0.25, 0.3) is 0 Å². The van der Waals surface area contributed by atoms with Crippen LogP contribution in [0.15, 0.2) is 0 Å². The molecule has 9 heavy (non-hydrogen) atoms. The summed E-state index contributed by atoms with van der Waals surface area (Å²) in [5.74, 6) is -0.475. The van der Waals surface area contributed by atoms with Crippen molar-refractivity contribution in [3.05, 3.63) is 0 Å². The smallest absolute Gasteiger partial charge is 0.234 e. The second-order valence-electron chi connectivity index (χ2n) is 1.75. The minimum atomic E-state index is -3.32. The molecule has 0 atom stereocenters. The van der Waals surface area contributed by atoms with E-state index in [0.717, 1.165) is 6.26 Å². The van der Waals surface area contributed by atoms with Crippen LogP contribution in [0.1, 0.15) is 6.92 Å². The quantitative estimate of drug-likeness (QED) is 0.504. The van der Waals surface area contributed by atoms with Gasteiger partial charge in [0.25, 0.3) is 0 Å². The minimum absolute atomic E-state index is 0.475. The lowest BCUT2D eigenvalue weighted by molar-refractivity contribution is -0.123. The second-order valence-corrected chi connectivity index (χ2v) is 3.76. The van der Waals surface area contributed by atoms with Crippen molar-refractivity contribution in [2.24, 2.45) is 0 Å². The maximum absolute atomic E-state index is 10.5. The van der Waals surface area contributed by atoms with Crippen molar-refractivity contribution < 1.29 is 13.2 Å². The van der Waals surface area contributed by atoms with Gasteiger partial charge in [-0.2, -0.15) is 0 Å². The average Bonchev–Trinajstić information content (AvgIpc) is 1.62. The lowest BCUT2D eigenvalue weighted by Crippen LogP contribution is -2.29. The van der Waals surface area contributed by atoms with Crippen LogP contribution < -0.4 is 0 Å². The summed E-state index contributed by atoms with van der Waals surface area (Å²) in [6, 6.07) is 0. The third-order valence-electron chi connectivity index (χ3n) is 0.941. The number of carbonyl (C=O) groups excluding carboxylic acids is 1. The highest BCUT2D eigenvalue weighted by Gasteiger charge is 2.12. The molecule has 0 saturated heterocycles. The maximum atomic E-state index is 10.5. The van der Waals surface area contributed by atoms with E-state index in [1.54, 1.807) is 0 Å². The van der Waals surface area contributed by atoms with Gasteiger partial charge in [-0.05, 0) is 0 Å². The summed E-state index contributed by atoms with van der Waals surface area (Å²) in [6.07, 6.45) is 0.981. The predicted octanol–water partition coefficient (Wildman–Crippen LogP) is -0.576. The number of carbonyl (C=O) groups is 1. The molecule has 4 nitrogen and oxygen atoms in total. The van der Waals surface area contributed by atoms with Crippen LogP contribution in [0.3, 0.4) is 0 Å². The Bertz CT molecular complexity index is 206. The molecule has 0 saturated carbocycles. The summed E-state index contributed by atoms with van der Waals surface area (Å²) in [5.41, 5.74) is 0. The molecule has 0 spiro atoms. The van der Waals surface area contributed by atoms with Gasteiger partial charge in [0.2, 0.25) is 15.9 Å². The fourth-order valence-corrected chi connectivity index (χ4v) is 0.701. The molecule has 0 rings (SSSR count). The van der Waals surface area contributed by atoms with Gasteiger partial charge in [0.05, 0.1) is 6.26 Å². The third kappa shape index (κ3) is 2.46. The van der Waals surface area contributed by atoms with Crippen LogP contribution in [-0.2, 0) is 14.8 Å². The first-order chi connectivity index (χ1) is 3.85. The number of nitrogens with zero attached hydrogens (tertiary/aromatic N) is 1. The summed E-state index contributed by atoms with van der Waals surface area (Å²) >= 11 is 0. The molecule has 0 unspecified atom stereocenters. The first-order valence-electron chi connectivity index (χ1n) is 2.30. The Morgan fingerprint density at radius 3 is 1.78 bits per heavy atom. The summed E-state index contributed by atoms with van der Waals surface area (Å²) < 4.78 is 21.6. The van der Waals surface area contributed by atoms with Crippen LogP contribution in [0.2, 0.25) is 0 Å². The Kier molecular flexibility index (Phi) is 2.19. The van der Waals surface area contributed by atoms with E-state index in [2.05, 4.69) is 0 Å². The number of rotatable bonds is 1. The van der Waals surface area contributed by atoms with Crippen molar-refractivity contribution in [2.45, 2.75) is 6.92 Å². The topological polar surface area (TPSA) is 54.5 Å². The molecular weight excluding hydrogens is 142 g/mol. The van der Waals surface area contributed by atoms with E-state index in [4.69, 9.17) is 0 Å². The zero-order chi connectivity index (χ0) is 7.65. The molecule has 0 radical (unpaired) electrons. The van der Waals surface area contributed by atoms with Crippen molar-refractivity contribution in [1.29, 1.82) is 0 Å². The van der Waals surface area contributed by atoms with E-state index >= 15 is 0 Å². The second kappa shape index (κ2) is 2.34. The highest BCUT2D eigenvalue weighted by molar-refractivity contribution is 7.88. The number of amides is 1. The Hall–Kier alpha value is -0.580. The molecule has 1 amide bonds. The molecule has 0 aromatic carbocycles. The molecule has 0 aliphatic carbocycles. The van der Waals surface area contributed by atoms with Crippen molar-refractivity contribution >= 4 is 15.9 Å². The van der Waals surface area contributed by atoms with Gasteiger partial charge in [-0.15, -0.1) is 0 Å². The Balaban J connectivity index is 4.43. The summed E-state index contributed by atoms with van der Waals surface area (Å²) in [7, 11) is -2.10. The van der Waals surface area contributed by atoms with Gasteiger partial charge < -0.3 is 0 Å². The molecule has 5 heteroatoms. The zero-order valence-corrected chi connectivity index (χ0v) is 6.40. The number of hydrogen-bond donors (Lipinski definition) is 0. The van der Waals surface area contributed by atoms with Gasteiger partial charge in [0.1, 0.15) is 0 Å². The van der Waals surface area contributed by atoms with Gasteiger partial charge >= 0.3 is 0 Å². The highest BCUT2D eigenvalue weighted by Crippen LogP contribution is 1.91. The van der Waals surface area contributed by atoms with Crippen molar-refractivity contribution in [3.63, 3.8) is 0 Å². The third-order valence-corrected chi connectivity index (χ3v) is 2.19. The highest BCUT2D eigenvalue weighted by atomic mass is 32.2. The monoisotopic (exact) mass is 151 g/mol. The van der Waals surface area contributed by atoms with Crippen LogP contribution >= 0.6 is 0 Å². The molecule has 0 aliphatic heterocycles. The van der Waals surface area contributed by atoms with Gasteiger partial charge in [-0.1, -0.05) is 0 Å². The molecular formula is C4H9NO3S. The van der Waals surface area contributed by atoms with Gasteiger partial charge in [0.15, 0.2) is 0 Å². The lowest BCUT2D eigenvalue weighted by Gasteiger charge is -2.09. The van der Waals surface area contributed by atoms with Crippen molar-refractivity contribution in [1.82, 2.24) is 4.31 Å². The first-order valence-corrected chi connectivity index (χ1v) is 4.15. The van der Waals surface area contributed by atoms with E-state index in [-0.39, 0.29) is 0 Å². The molecule has 0 aromatic heterocycles. The molecule has 0 fully saturated rings. The molecule has 0 aromatic rings. The van der Waals surface area contributed by atoms with E-state index in [9.17, 15) is 13.2 Å². The first kappa shape index (κ1) is 8.42. The summed E-state index contributed by atoms with van der Waals surface area (Å²) in [6.45, 7) is 1.20. The molecule has 0 heterocycles. The van der Waals surface area contributed by atoms with Gasteiger partial charge in [-0.3, -0.25) is 4.79 Å². The number of hydrogen-bond acceptors (Lipinski definition) is 3. The Morgan fingerprint density at radius 2 is 1.78 bits per heavy atom. The predicted molar refractivity (Wildman–Crippen MR) is 33.3 cm³/mol. The number of sulfonamides is 1. The normalized spacial score (nSPS) is 11.0. The van der Waals surface area contributed by atoms with Crippen LogP contribution in [0.5, 0.6) is 0 Å². The van der Waals surface area contributed by atoms with E-state index in [1.165, 1.54) is 14.0 Å². The molecule has 0 N–H and O–H groups in total. The van der Waals surface area contributed by atoms with Crippen LogP contribution in [-0.4, -0.2) is 31.9 Å². The van der Waals surface area contributed by atoms with E-state index in [1.807, 2.05) is 0 Å². The van der Waals surface area contributed by atoms with E-state index in [0.29, 0.717) is 4.31 Å². The van der Waals surface area contributed by atoms with Gasteiger partial charge in [0, 0.05) is 14.0 Å². The molecule has 54 valence electrons. The largest absolute Gasteiger partial charge is 0.274 e. The minimum Gasteiger partial charge on any atom is -0.274 e. The average molecular weight is 151 g/mol. The van der Waals surface area contributed by atoms with Crippen LogP contribution in [0, 0.1) is 0 Å². The maximum Gasteiger partial charge on any atom is 0.234 e. The molecule has 0 aliphatic rings. The molecule has 0 bridgehead atoms. The standard InChI is InChI=1S/C4H9NO3S/c1-4(6)5(2)9(3,7)8/h1-3H3. The Morgan fingerprint density at radius 1 is 1.44 bits per heavy atom. The summed E-state index contributed by atoms with van der Waals surface area (Å²) in [4.78, 5) is 10.3.